The lowest BCUT2D eigenvalue weighted by molar-refractivity contribution is 0.432. The summed E-state index contributed by atoms with van der Waals surface area (Å²) >= 11 is 0. The molecule has 0 fully saturated rings. The molecular formula is C12H7FN4O. The minimum Gasteiger partial charge on any atom is -0.334 e. The Kier molecular flexibility index (Phi) is 2.53. The topological polar surface area (TPSA) is 64.7 Å². The second-order valence-electron chi connectivity index (χ2n) is 3.56. The Morgan fingerprint density at radius 1 is 0.944 bits per heavy atom. The van der Waals surface area contributed by atoms with Crippen LogP contribution in [0.25, 0.3) is 22.8 Å². The highest BCUT2D eigenvalue weighted by Gasteiger charge is 2.10. The van der Waals surface area contributed by atoms with Gasteiger partial charge in [0, 0.05) is 11.1 Å². The van der Waals surface area contributed by atoms with Crippen LogP contribution >= 0.6 is 0 Å². The van der Waals surface area contributed by atoms with Crippen molar-refractivity contribution in [1.29, 1.82) is 0 Å². The van der Waals surface area contributed by atoms with Crippen LogP contribution < -0.4 is 0 Å². The molecule has 0 spiro atoms. The Balaban J connectivity index is 1.97. The Hall–Kier alpha value is -2.63. The molecule has 2 heterocycles. The molecule has 88 valence electrons. The molecule has 3 rings (SSSR count). The maximum atomic E-state index is 12.8. The average Bonchev–Trinajstić information content (AvgIpc) is 2.90. The first-order valence-electron chi connectivity index (χ1n) is 5.19. The third-order valence-electron chi connectivity index (χ3n) is 2.36. The van der Waals surface area contributed by atoms with E-state index in [9.17, 15) is 4.39 Å². The number of rotatable bonds is 2. The van der Waals surface area contributed by atoms with Crippen LogP contribution in [0.4, 0.5) is 4.39 Å². The van der Waals surface area contributed by atoms with E-state index in [0.29, 0.717) is 22.8 Å². The van der Waals surface area contributed by atoms with Crippen LogP contribution in [0.1, 0.15) is 0 Å². The van der Waals surface area contributed by atoms with Crippen molar-refractivity contribution in [3.8, 4) is 22.8 Å². The Morgan fingerprint density at radius 2 is 1.78 bits per heavy atom. The minimum atomic E-state index is -0.308. The van der Waals surface area contributed by atoms with Crippen LogP contribution in [0.15, 0.2) is 47.2 Å². The van der Waals surface area contributed by atoms with Crippen molar-refractivity contribution >= 4 is 0 Å². The van der Waals surface area contributed by atoms with Gasteiger partial charge in [-0.15, -0.1) is 0 Å². The van der Waals surface area contributed by atoms with E-state index in [1.54, 1.807) is 30.6 Å². The fourth-order valence-electron chi connectivity index (χ4n) is 1.47. The lowest BCUT2D eigenvalue weighted by Gasteiger charge is -1.92. The highest BCUT2D eigenvalue weighted by Crippen LogP contribution is 2.21. The molecule has 0 aliphatic rings. The van der Waals surface area contributed by atoms with Crippen molar-refractivity contribution in [2.45, 2.75) is 0 Å². The first kappa shape index (κ1) is 10.5. The third kappa shape index (κ3) is 1.95. The third-order valence-corrected chi connectivity index (χ3v) is 2.36. The quantitative estimate of drug-likeness (QED) is 0.690. The highest BCUT2D eigenvalue weighted by atomic mass is 19.1. The predicted octanol–water partition coefficient (Wildman–Crippen LogP) is 2.33. The van der Waals surface area contributed by atoms with Gasteiger partial charge in [0.2, 0.25) is 5.82 Å². The van der Waals surface area contributed by atoms with Crippen LogP contribution in [0.3, 0.4) is 0 Å². The van der Waals surface area contributed by atoms with Crippen molar-refractivity contribution in [2.75, 3.05) is 0 Å². The molecule has 0 aliphatic carbocycles. The summed E-state index contributed by atoms with van der Waals surface area (Å²) in [5, 5.41) is 11.2. The van der Waals surface area contributed by atoms with Crippen LogP contribution in [-0.2, 0) is 0 Å². The van der Waals surface area contributed by atoms with Crippen molar-refractivity contribution in [3.63, 3.8) is 0 Å². The maximum Gasteiger partial charge on any atom is 0.258 e. The van der Waals surface area contributed by atoms with Gasteiger partial charge in [0.05, 0.1) is 12.4 Å². The summed E-state index contributed by atoms with van der Waals surface area (Å²) in [6, 6.07) is 7.57. The molecule has 0 saturated carbocycles. The second-order valence-corrected chi connectivity index (χ2v) is 3.56. The van der Waals surface area contributed by atoms with Crippen molar-refractivity contribution in [3.05, 3.63) is 48.5 Å². The van der Waals surface area contributed by atoms with E-state index in [0.717, 1.165) is 0 Å². The van der Waals surface area contributed by atoms with Gasteiger partial charge < -0.3 is 4.52 Å². The smallest absolute Gasteiger partial charge is 0.258 e. The zero-order chi connectivity index (χ0) is 12.4. The molecule has 0 radical (unpaired) electrons. The van der Waals surface area contributed by atoms with Gasteiger partial charge in [0.1, 0.15) is 5.82 Å². The van der Waals surface area contributed by atoms with Crippen LogP contribution in [0.2, 0.25) is 0 Å². The van der Waals surface area contributed by atoms with E-state index in [-0.39, 0.29) is 5.82 Å². The molecule has 1 aromatic carbocycles. The van der Waals surface area contributed by atoms with Crippen LogP contribution in [0, 0.1) is 5.82 Å². The highest BCUT2D eigenvalue weighted by molar-refractivity contribution is 5.58. The van der Waals surface area contributed by atoms with Crippen molar-refractivity contribution in [2.24, 2.45) is 0 Å². The van der Waals surface area contributed by atoms with Gasteiger partial charge in [-0.3, -0.25) is 0 Å². The Morgan fingerprint density at radius 3 is 2.50 bits per heavy atom. The summed E-state index contributed by atoms with van der Waals surface area (Å²) in [5.41, 5.74) is 1.37. The molecule has 0 bridgehead atoms. The molecule has 5 nitrogen and oxygen atoms in total. The summed E-state index contributed by atoms with van der Waals surface area (Å²) in [7, 11) is 0. The number of hydrogen-bond acceptors (Lipinski definition) is 5. The van der Waals surface area contributed by atoms with E-state index in [1.807, 2.05) is 0 Å². The van der Waals surface area contributed by atoms with Gasteiger partial charge in [-0.2, -0.15) is 15.2 Å². The summed E-state index contributed by atoms with van der Waals surface area (Å²) in [4.78, 5) is 4.21. The largest absolute Gasteiger partial charge is 0.334 e. The zero-order valence-electron chi connectivity index (χ0n) is 9.12. The first-order chi connectivity index (χ1) is 8.83. The molecule has 0 amide bonds. The minimum absolute atomic E-state index is 0.308. The molecule has 0 unspecified atom stereocenters. The van der Waals surface area contributed by atoms with Gasteiger partial charge >= 0.3 is 0 Å². The fourth-order valence-corrected chi connectivity index (χ4v) is 1.47. The predicted molar refractivity (Wildman–Crippen MR) is 60.7 cm³/mol. The summed E-state index contributed by atoms with van der Waals surface area (Å²) in [6.07, 6.45) is 3.09. The van der Waals surface area contributed by atoms with Gasteiger partial charge in [-0.05, 0) is 30.3 Å². The van der Waals surface area contributed by atoms with E-state index in [4.69, 9.17) is 4.52 Å². The molecule has 0 saturated heterocycles. The van der Waals surface area contributed by atoms with E-state index < -0.39 is 0 Å². The summed E-state index contributed by atoms with van der Waals surface area (Å²) < 4.78 is 17.9. The fraction of sp³-hybridized carbons (Fsp3) is 0. The number of benzene rings is 1. The van der Waals surface area contributed by atoms with Crippen LogP contribution in [0.5, 0.6) is 0 Å². The molecule has 6 heteroatoms. The number of hydrogen-bond donors (Lipinski definition) is 0. The first-order valence-corrected chi connectivity index (χ1v) is 5.19. The van der Waals surface area contributed by atoms with Gasteiger partial charge in [-0.1, -0.05) is 5.16 Å². The normalized spacial score (nSPS) is 10.5. The second kappa shape index (κ2) is 4.33. The molecule has 0 atom stereocenters. The molecule has 3 aromatic rings. The molecule has 0 aliphatic heterocycles. The number of halogens is 1. The SMILES string of the molecule is Fc1ccc(-c2nc(-c3ccnnc3)no2)cc1. The van der Waals surface area contributed by atoms with E-state index in [1.165, 1.54) is 12.1 Å². The molecule has 0 N–H and O–H groups in total. The van der Waals surface area contributed by atoms with E-state index in [2.05, 4.69) is 20.3 Å². The van der Waals surface area contributed by atoms with Crippen molar-refractivity contribution < 1.29 is 8.91 Å². The van der Waals surface area contributed by atoms with Crippen molar-refractivity contribution in [1.82, 2.24) is 20.3 Å². The van der Waals surface area contributed by atoms with Gasteiger partial charge in [0.25, 0.3) is 5.89 Å². The zero-order valence-corrected chi connectivity index (χ0v) is 9.12. The average molecular weight is 242 g/mol. The number of aromatic nitrogens is 4. The maximum absolute atomic E-state index is 12.8. The monoisotopic (exact) mass is 242 g/mol. The van der Waals surface area contributed by atoms with Gasteiger partial charge in [-0.25, -0.2) is 4.39 Å². The lowest BCUT2D eigenvalue weighted by atomic mass is 10.2. The summed E-state index contributed by atoms with van der Waals surface area (Å²) in [6.45, 7) is 0. The Bertz CT molecular complexity index is 651. The Labute approximate surface area is 101 Å². The standard InChI is InChI=1S/C12H7FN4O/c13-10-3-1-8(2-4-10)12-16-11(17-18-12)9-5-6-14-15-7-9/h1-7H. The number of nitrogens with zero attached hydrogens (tertiary/aromatic N) is 4. The van der Waals surface area contributed by atoms with Crippen LogP contribution in [-0.4, -0.2) is 20.3 Å². The summed E-state index contributed by atoms with van der Waals surface area (Å²) in [5.74, 6) is 0.447. The van der Waals surface area contributed by atoms with Gasteiger partial charge in [0.15, 0.2) is 0 Å². The van der Waals surface area contributed by atoms with E-state index >= 15 is 0 Å². The molecule has 18 heavy (non-hydrogen) atoms. The molecule has 2 aromatic heterocycles. The lowest BCUT2D eigenvalue weighted by Crippen LogP contribution is -1.84. The molecular weight excluding hydrogens is 235 g/mol.